The van der Waals surface area contributed by atoms with Gasteiger partial charge in [-0.1, -0.05) is 48.0 Å². The van der Waals surface area contributed by atoms with E-state index in [0.29, 0.717) is 10.7 Å². The zero-order chi connectivity index (χ0) is 16.9. The van der Waals surface area contributed by atoms with E-state index >= 15 is 0 Å². The second kappa shape index (κ2) is 7.47. The van der Waals surface area contributed by atoms with Crippen LogP contribution < -0.4 is 5.32 Å². The number of benzene rings is 2. The number of carbonyl (C=O) groups excluding carboxylic acids is 1. The highest BCUT2D eigenvalue weighted by Crippen LogP contribution is 2.28. The molecule has 4 heteroatoms. The third-order valence-electron chi connectivity index (χ3n) is 3.47. The Bertz CT molecular complexity index is 884. The SMILES string of the molecule is Cc1ccc(NC(=O)/C=C/c2ccc(-c3ccccc3)s2)c(Cl)c1. The van der Waals surface area contributed by atoms with Crippen LogP contribution in [0.5, 0.6) is 0 Å². The van der Waals surface area contributed by atoms with Crippen LogP contribution in [0.1, 0.15) is 10.4 Å². The molecule has 0 radical (unpaired) electrons. The molecule has 120 valence electrons. The van der Waals surface area contributed by atoms with Gasteiger partial charge in [-0.2, -0.15) is 0 Å². The van der Waals surface area contributed by atoms with Gasteiger partial charge in [0.15, 0.2) is 0 Å². The van der Waals surface area contributed by atoms with Crippen LogP contribution in [-0.4, -0.2) is 5.91 Å². The minimum absolute atomic E-state index is 0.199. The number of nitrogens with one attached hydrogen (secondary N) is 1. The normalized spacial score (nSPS) is 10.9. The van der Waals surface area contributed by atoms with Crippen molar-refractivity contribution in [2.75, 3.05) is 5.32 Å². The molecule has 24 heavy (non-hydrogen) atoms. The number of hydrogen-bond acceptors (Lipinski definition) is 2. The highest BCUT2D eigenvalue weighted by atomic mass is 35.5. The summed E-state index contributed by atoms with van der Waals surface area (Å²) in [6.07, 6.45) is 3.34. The van der Waals surface area contributed by atoms with Crippen LogP contribution in [0.15, 0.2) is 66.7 Å². The van der Waals surface area contributed by atoms with Crippen molar-refractivity contribution >= 4 is 40.6 Å². The smallest absolute Gasteiger partial charge is 0.248 e. The van der Waals surface area contributed by atoms with Crippen LogP contribution in [0.4, 0.5) is 5.69 Å². The summed E-state index contributed by atoms with van der Waals surface area (Å²) in [7, 11) is 0. The monoisotopic (exact) mass is 353 g/mol. The Morgan fingerprint density at radius 3 is 2.62 bits per heavy atom. The molecule has 1 aromatic heterocycles. The second-order valence-electron chi connectivity index (χ2n) is 5.37. The van der Waals surface area contributed by atoms with Gasteiger partial charge >= 0.3 is 0 Å². The van der Waals surface area contributed by atoms with Gasteiger partial charge in [-0.3, -0.25) is 4.79 Å². The summed E-state index contributed by atoms with van der Waals surface area (Å²) in [4.78, 5) is 14.3. The van der Waals surface area contributed by atoms with Gasteiger partial charge in [0, 0.05) is 15.8 Å². The summed E-state index contributed by atoms with van der Waals surface area (Å²) < 4.78 is 0. The summed E-state index contributed by atoms with van der Waals surface area (Å²) in [5.41, 5.74) is 2.85. The quantitative estimate of drug-likeness (QED) is 0.570. The molecule has 3 rings (SSSR count). The Morgan fingerprint density at radius 2 is 1.88 bits per heavy atom. The molecule has 0 aliphatic heterocycles. The topological polar surface area (TPSA) is 29.1 Å². The van der Waals surface area contributed by atoms with Crippen molar-refractivity contribution in [2.24, 2.45) is 0 Å². The van der Waals surface area contributed by atoms with Gasteiger partial charge < -0.3 is 5.32 Å². The number of carbonyl (C=O) groups is 1. The van der Waals surface area contributed by atoms with Crippen LogP contribution in [0.25, 0.3) is 16.5 Å². The number of halogens is 1. The minimum atomic E-state index is -0.199. The van der Waals surface area contributed by atoms with Crippen molar-refractivity contribution in [2.45, 2.75) is 6.92 Å². The van der Waals surface area contributed by atoms with Gasteiger partial charge in [-0.25, -0.2) is 0 Å². The molecule has 0 spiro atoms. The number of rotatable bonds is 4. The van der Waals surface area contributed by atoms with Crippen LogP contribution in [0.3, 0.4) is 0 Å². The van der Waals surface area contributed by atoms with Gasteiger partial charge in [0.2, 0.25) is 5.91 Å². The third kappa shape index (κ3) is 4.13. The fourth-order valence-corrected chi connectivity index (χ4v) is 3.45. The molecule has 1 heterocycles. The number of hydrogen-bond donors (Lipinski definition) is 1. The molecule has 0 unspecified atom stereocenters. The van der Waals surface area contributed by atoms with Crippen molar-refractivity contribution in [1.29, 1.82) is 0 Å². The first-order valence-electron chi connectivity index (χ1n) is 7.52. The molecule has 0 fully saturated rings. The first-order chi connectivity index (χ1) is 11.6. The molecule has 0 aliphatic carbocycles. The standard InChI is InChI=1S/C20H16ClNOS/c1-14-7-10-18(17(21)13-14)22-20(23)12-9-16-8-11-19(24-16)15-5-3-2-4-6-15/h2-13H,1H3,(H,22,23)/b12-9+. The molecular formula is C20H16ClNOS. The third-order valence-corrected chi connectivity index (χ3v) is 4.88. The van der Waals surface area contributed by atoms with E-state index in [2.05, 4.69) is 23.5 Å². The molecule has 1 amide bonds. The molecule has 2 nitrogen and oxygen atoms in total. The first kappa shape index (κ1) is 16.5. The second-order valence-corrected chi connectivity index (χ2v) is 6.90. The van der Waals surface area contributed by atoms with E-state index in [1.807, 2.05) is 55.5 Å². The maximum Gasteiger partial charge on any atom is 0.248 e. The lowest BCUT2D eigenvalue weighted by molar-refractivity contribution is -0.111. The highest BCUT2D eigenvalue weighted by Gasteiger charge is 2.04. The lowest BCUT2D eigenvalue weighted by Crippen LogP contribution is -2.08. The molecular weight excluding hydrogens is 338 g/mol. The molecule has 0 saturated carbocycles. The van der Waals surface area contributed by atoms with Gasteiger partial charge in [-0.15, -0.1) is 11.3 Å². The van der Waals surface area contributed by atoms with E-state index < -0.39 is 0 Å². The average Bonchev–Trinajstić information content (AvgIpc) is 3.05. The number of amides is 1. The Hall–Kier alpha value is -2.36. The minimum Gasteiger partial charge on any atom is -0.321 e. The Morgan fingerprint density at radius 1 is 1.08 bits per heavy atom. The molecule has 0 atom stereocenters. The Labute approximate surface area is 150 Å². The largest absolute Gasteiger partial charge is 0.321 e. The fourth-order valence-electron chi connectivity index (χ4n) is 2.25. The zero-order valence-electron chi connectivity index (χ0n) is 13.1. The predicted molar refractivity (Wildman–Crippen MR) is 104 cm³/mol. The van der Waals surface area contributed by atoms with E-state index in [1.54, 1.807) is 11.3 Å². The van der Waals surface area contributed by atoms with Gasteiger partial charge in [0.1, 0.15) is 0 Å². The summed E-state index contributed by atoms with van der Waals surface area (Å²) in [6.45, 7) is 1.96. The molecule has 1 N–H and O–H groups in total. The highest BCUT2D eigenvalue weighted by molar-refractivity contribution is 7.16. The Balaban J connectivity index is 1.67. The lowest BCUT2D eigenvalue weighted by atomic mass is 10.2. The van der Waals surface area contributed by atoms with E-state index in [-0.39, 0.29) is 5.91 Å². The molecule has 0 aliphatic rings. The molecule has 2 aromatic carbocycles. The van der Waals surface area contributed by atoms with Gasteiger partial charge in [0.25, 0.3) is 0 Å². The zero-order valence-corrected chi connectivity index (χ0v) is 14.7. The van der Waals surface area contributed by atoms with Crippen molar-refractivity contribution in [3.63, 3.8) is 0 Å². The molecule has 0 bridgehead atoms. The summed E-state index contributed by atoms with van der Waals surface area (Å²) in [5, 5.41) is 3.33. The van der Waals surface area contributed by atoms with Gasteiger partial charge in [0.05, 0.1) is 10.7 Å². The fraction of sp³-hybridized carbons (Fsp3) is 0.0500. The van der Waals surface area contributed by atoms with Gasteiger partial charge in [-0.05, 0) is 48.4 Å². The predicted octanol–water partition coefficient (Wildman–Crippen LogP) is 6.03. The number of aryl methyl sites for hydroxylation is 1. The van der Waals surface area contributed by atoms with E-state index in [0.717, 1.165) is 10.4 Å². The van der Waals surface area contributed by atoms with E-state index in [9.17, 15) is 4.79 Å². The van der Waals surface area contributed by atoms with Crippen molar-refractivity contribution < 1.29 is 4.79 Å². The van der Waals surface area contributed by atoms with Crippen molar-refractivity contribution in [3.8, 4) is 10.4 Å². The number of thiophene rings is 1. The van der Waals surface area contributed by atoms with Crippen molar-refractivity contribution in [3.05, 3.63) is 82.2 Å². The van der Waals surface area contributed by atoms with Crippen LogP contribution in [0, 0.1) is 6.92 Å². The lowest BCUT2D eigenvalue weighted by Gasteiger charge is -2.05. The number of anilines is 1. The maximum absolute atomic E-state index is 12.0. The summed E-state index contributed by atoms with van der Waals surface area (Å²) in [5.74, 6) is -0.199. The van der Waals surface area contributed by atoms with Crippen LogP contribution in [-0.2, 0) is 4.79 Å². The van der Waals surface area contributed by atoms with E-state index in [4.69, 9.17) is 11.6 Å². The molecule has 3 aromatic rings. The summed E-state index contributed by atoms with van der Waals surface area (Å²) in [6, 6.07) is 19.8. The van der Waals surface area contributed by atoms with Crippen molar-refractivity contribution in [1.82, 2.24) is 0 Å². The first-order valence-corrected chi connectivity index (χ1v) is 8.72. The van der Waals surface area contributed by atoms with E-state index in [1.165, 1.54) is 16.5 Å². The maximum atomic E-state index is 12.0. The summed E-state index contributed by atoms with van der Waals surface area (Å²) >= 11 is 7.77. The van der Waals surface area contributed by atoms with Crippen LogP contribution in [0.2, 0.25) is 5.02 Å². The Kier molecular flexibility index (Phi) is 5.14. The van der Waals surface area contributed by atoms with Crippen LogP contribution >= 0.6 is 22.9 Å². The molecule has 0 saturated heterocycles. The average molecular weight is 354 g/mol.